The standard InChI is InChI=1S/C10H10O3/c1-6-4-10(12)13-9-5-7(11)2-3-8(6)9/h2-4,7,11H,5H2,1H3. The molecule has 0 saturated heterocycles. The van der Waals surface area contributed by atoms with Gasteiger partial charge in [-0.05, 0) is 12.5 Å². The first-order valence-corrected chi connectivity index (χ1v) is 4.17. The van der Waals surface area contributed by atoms with E-state index in [1.807, 2.05) is 6.92 Å². The lowest BCUT2D eigenvalue weighted by molar-refractivity contribution is 0.211. The van der Waals surface area contributed by atoms with E-state index >= 15 is 0 Å². The molecule has 3 nitrogen and oxygen atoms in total. The third-order valence-electron chi connectivity index (χ3n) is 2.16. The Morgan fingerprint density at radius 1 is 1.62 bits per heavy atom. The average molecular weight is 178 g/mol. The van der Waals surface area contributed by atoms with Crippen LogP contribution in [0.2, 0.25) is 0 Å². The summed E-state index contributed by atoms with van der Waals surface area (Å²) in [6.45, 7) is 1.86. The fourth-order valence-electron chi connectivity index (χ4n) is 1.52. The van der Waals surface area contributed by atoms with Crippen molar-refractivity contribution in [1.82, 2.24) is 0 Å². The highest BCUT2D eigenvalue weighted by Crippen LogP contribution is 2.20. The van der Waals surface area contributed by atoms with Crippen LogP contribution < -0.4 is 5.63 Å². The van der Waals surface area contributed by atoms with Crippen molar-refractivity contribution in [3.8, 4) is 0 Å². The molecule has 3 heteroatoms. The van der Waals surface area contributed by atoms with Crippen molar-refractivity contribution in [2.75, 3.05) is 0 Å². The monoisotopic (exact) mass is 178 g/mol. The molecule has 13 heavy (non-hydrogen) atoms. The largest absolute Gasteiger partial charge is 0.427 e. The summed E-state index contributed by atoms with van der Waals surface area (Å²) in [5.74, 6) is 0.583. The van der Waals surface area contributed by atoms with Crippen LogP contribution in [-0.2, 0) is 6.42 Å². The molecular formula is C10H10O3. The highest BCUT2D eigenvalue weighted by atomic mass is 16.4. The molecule has 0 fully saturated rings. The summed E-state index contributed by atoms with van der Waals surface area (Å²) in [6, 6.07) is 1.46. The third kappa shape index (κ3) is 1.42. The van der Waals surface area contributed by atoms with Gasteiger partial charge in [0.05, 0.1) is 6.10 Å². The maximum Gasteiger partial charge on any atom is 0.336 e. The predicted molar refractivity (Wildman–Crippen MR) is 48.5 cm³/mol. The van der Waals surface area contributed by atoms with Crippen molar-refractivity contribution < 1.29 is 9.52 Å². The average Bonchev–Trinajstić information content (AvgIpc) is 2.02. The van der Waals surface area contributed by atoms with Gasteiger partial charge < -0.3 is 9.52 Å². The zero-order chi connectivity index (χ0) is 9.42. The summed E-state index contributed by atoms with van der Waals surface area (Å²) in [4.78, 5) is 11.0. The van der Waals surface area contributed by atoms with Gasteiger partial charge in [0.1, 0.15) is 5.76 Å². The summed E-state index contributed by atoms with van der Waals surface area (Å²) in [6.07, 6.45) is 3.36. The zero-order valence-electron chi connectivity index (χ0n) is 7.28. The number of aliphatic hydroxyl groups is 1. The fraction of sp³-hybridized carbons (Fsp3) is 0.300. The van der Waals surface area contributed by atoms with E-state index in [2.05, 4.69) is 0 Å². The van der Waals surface area contributed by atoms with Gasteiger partial charge in [0, 0.05) is 18.1 Å². The number of hydrogen-bond donors (Lipinski definition) is 1. The van der Waals surface area contributed by atoms with Crippen molar-refractivity contribution in [3.05, 3.63) is 39.4 Å². The summed E-state index contributed by atoms with van der Waals surface area (Å²) in [5, 5.41) is 9.29. The van der Waals surface area contributed by atoms with Gasteiger partial charge in [0.2, 0.25) is 0 Å². The number of rotatable bonds is 0. The second kappa shape index (κ2) is 2.85. The Morgan fingerprint density at radius 3 is 3.15 bits per heavy atom. The van der Waals surface area contributed by atoms with Crippen LogP contribution in [0.3, 0.4) is 0 Å². The summed E-state index contributed by atoms with van der Waals surface area (Å²) in [5.41, 5.74) is 1.47. The topological polar surface area (TPSA) is 50.4 Å². The molecule has 1 aliphatic carbocycles. The lowest BCUT2D eigenvalue weighted by Crippen LogP contribution is -2.15. The minimum absolute atomic E-state index is 0.348. The van der Waals surface area contributed by atoms with Gasteiger partial charge in [-0.2, -0.15) is 0 Å². The number of aryl methyl sites for hydroxylation is 1. The maximum atomic E-state index is 11.0. The highest BCUT2D eigenvalue weighted by molar-refractivity contribution is 5.57. The van der Waals surface area contributed by atoms with Gasteiger partial charge in [0.25, 0.3) is 0 Å². The van der Waals surface area contributed by atoms with Crippen molar-refractivity contribution in [2.24, 2.45) is 0 Å². The molecule has 0 aliphatic heterocycles. The number of fused-ring (bicyclic) bond motifs is 1. The van der Waals surface area contributed by atoms with Gasteiger partial charge in [0.15, 0.2) is 0 Å². The molecular weight excluding hydrogens is 168 g/mol. The van der Waals surface area contributed by atoms with Gasteiger partial charge in [-0.15, -0.1) is 0 Å². The maximum absolute atomic E-state index is 11.0. The molecule has 1 atom stereocenters. The molecule has 2 rings (SSSR count). The van der Waals surface area contributed by atoms with Crippen LogP contribution in [0.4, 0.5) is 0 Å². The van der Waals surface area contributed by atoms with Gasteiger partial charge in [-0.3, -0.25) is 0 Å². The Balaban J connectivity index is 2.63. The molecule has 1 aromatic rings. The SMILES string of the molecule is Cc1cc(=O)oc2c1C=CC(O)C2. The molecule has 0 amide bonds. The Morgan fingerprint density at radius 2 is 2.38 bits per heavy atom. The van der Waals surface area contributed by atoms with Gasteiger partial charge in [-0.1, -0.05) is 12.2 Å². The Labute approximate surface area is 75.3 Å². The van der Waals surface area contributed by atoms with E-state index in [0.29, 0.717) is 12.2 Å². The second-order valence-corrected chi connectivity index (χ2v) is 3.22. The van der Waals surface area contributed by atoms with E-state index in [1.165, 1.54) is 6.07 Å². The van der Waals surface area contributed by atoms with Crippen molar-refractivity contribution >= 4 is 6.08 Å². The molecule has 0 saturated carbocycles. The van der Waals surface area contributed by atoms with E-state index in [9.17, 15) is 9.90 Å². The van der Waals surface area contributed by atoms with Crippen LogP contribution in [-0.4, -0.2) is 11.2 Å². The molecule has 68 valence electrons. The molecule has 1 aromatic heterocycles. The van der Waals surface area contributed by atoms with Crippen molar-refractivity contribution in [3.63, 3.8) is 0 Å². The van der Waals surface area contributed by atoms with Gasteiger partial charge in [-0.25, -0.2) is 4.79 Å². The van der Waals surface area contributed by atoms with E-state index in [1.54, 1.807) is 12.2 Å². The number of hydrogen-bond acceptors (Lipinski definition) is 3. The minimum Gasteiger partial charge on any atom is -0.427 e. The first kappa shape index (κ1) is 8.26. The van der Waals surface area contributed by atoms with Crippen molar-refractivity contribution in [2.45, 2.75) is 19.4 Å². The number of aliphatic hydroxyl groups excluding tert-OH is 1. The van der Waals surface area contributed by atoms with Crippen LogP contribution in [0.15, 0.2) is 21.4 Å². The van der Waals surface area contributed by atoms with Gasteiger partial charge >= 0.3 is 5.63 Å². The van der Waals surface area contributed by atoms with Crippen molar-refractivity contribution in [1.29, 1.82) is 0 Å². The molecule has 0 radical (unpaired) electrons. The Kier molecular flexibility index (Phi) is 1.81. The first-order chi connectivity index (χ1) is 6.16. The molecule has 1 unspecified atom stereocenters. The minimum atomic E-state index is -0.530. The second-order valence-electron chi connectivity index (χ2n) is 3.22. The summed E-state index contributed by atoms with van der Waals surface area (Å²) < 4.78 is 4.98. The molecule has 1 N–H and O–H groups in total. The molecule has 0 aromatic carbocycles. The molecule has 0 spiro atoms. The molecule has 1 heterocycles. The van der Waals surface area contributed by atoms with E-state index < -0.39 is 6.10 Å². The van der Waals surface area contributed by atoms with Crippen LogP contribution >= 0.6 is 0 Å². The van der Waals surface area contributed by atoms with Crippen LogP contribution in [0.5, 0.6) is 0 Å². The van der Waals surface area contributed by atoms with Crippen LogP contribution in [0, 0.1) is 6.92 Å². The lowest BCUT2D eigenvalue weighted by Gasteiger charge is -2.14. The normalized spacial score (nSPS) is 20.0. The quantitative estimate of drug-likeness (QED) is 0.641. The smallest absolute Gasteiger partial charge is 0.336 e. The Hall–Kier alpha value is -1.35. The zero-order valence-corrected chi connectivity index (χ0v) is 7.28. The first-order valence-electron chi connectivity index (χ1n) is 4.17. The van der Waals surface area contributed by atoms with Crippen LogP contribution in [0.25, 0.3) is 6.08 Å². The fourth-order valence-corrected chi connectivity index (χ4v) is 1.52. The summed E-state index contributed by atoms with van der Waals surface area (Å²) in [7, 11) is 0. The van der Waals surface area contributed by atoms with E-state index in [-0.39, 0.29) is 5.63 Å². The van der Waals surface area contributed by atoms with E-state index in [4.69, 9.17) is 4.42 Å². The summed E-state index contributed by atoms with van der Waals surface area (Å²) >= 11 is 0. The third-order valence-corrected chi connectivity index (χ3v) is 2.16. The predicted octanol–water partition coefficient (Wildman–Crippen LogP) is 0.878. The van der Waals surface area contributed by atoms with E-state index in [0.717, 1.165) is 11.1 Å². The lowest BCUT2D eigenvalue weighted by atomic mass is 9.99. The molecule has 0 bridgehead atoms. The Bertz CT molecular complexity index is 415. The van der Waals surface area contributed by atoms with Crippen LogP contribution in [0.1, 0.15) is 16.9 Å². The molecule has 1 aliphatic rings. The highest BCUT2D eigenvalue weighted by Gasteiger charge is 2.15.